The molecule has 0 saturated carbocycles. The molecule has 1 aromatic rings. The first-order valence-corrected chi connectivity index (χ1v) is 3.69. The van der Waals surface area contributed by atoms with Crippen LogP contribution < -0.4 is 5.32 Å². The van der Waals surface area contributed by atoms with Crippen molar-refractivity contribution in [2.45, 2.75) is 13.0 Å². The molecule has 0 radical (unpaired) electrons. The van der Waals surface area contributed by atoms with E-state index in [9.17, 15) is 9.18 Å². The molecule has 0 heterocycles. The average Bonchev–Trinajstić information content (AvgIpc) is 2.05. The van der Waals surface area contributed by atoms with Crippen LogP contribution in [0.25, 0.3) is 0 Å². The highest BCUT2D eigenvalue weighted by Crippen LogP contribution is 2.12. The maximum Gasteiger partial charge on any atom is 0.207 e. The summed E-state index contributed by atoms with van der Waals surface area (Å²) in [5, 5.41) is 2.54. The molecule has 0 unspecified atom stereocenters. The molecule has 1 aromatic carbocycles. The Kier molecular flexibility index (Phi) is 2.80. The SMILES string of the molecule is C[C@H](NC=O)c1cccc(F)c1. The Morgan fingerprint density at radius 2 is 2.33 bits per heavy atom. The van der Waals surface area contributed by atoms with Crippen LogP contribution in [0.15, 0.2) is 24.3 Å². The van der Waals surface area contributed by atoms with Crippen LogP contribution in [-0.4, -0.2) is 6.41 Å². The molecule has 0 bridgehead atoms. The van der Waals surface area contributed by atoms with Gasteiger partial charge >= 0.3 is 0 Å². The molecule has 1 rings (SSSR count). The standard InChI is InChI=1S/C9H10FNO/c1-7(11-6-12)8-3-2-4-9(10)5-8/h2-7H,1H3,(H,11,12)/t7-/m0/s1. The van der Waals surface area contributed by atoms with Crippen molar-refractivity contribution in [3.05, 3.63) is 35.6 Å². The van der Waals surface area contributed by atoms with E-state index in [1.165, 1.54) is 12.1 Å². The van der Waals surface area contributed by atoms with Gasteiger partial charge in [-0.15, -0.1) is 0 Å². The molecule has 0 spiro atoms. The minimum atomic E-state index is -0.285. The monoisotopic (exact) mass is 167 g/mol. The summed E-state index contributed by atoms with van der Waals surface area (Å²) in [6.07, 6.45) is 0.607. The zero-order valence-electron chi connectivity index (χ0n) is 6.75. The normalized spacial score (nSPS) is 12.2. The molecule has 0 aliphatic rings. The average molecular weight is 167 g/mol. The van der Waals surface area contributed by atoms with Crippen LogP contribution in [-0.2, 0) is 4.79 Å². The molecular formula is C9H10FNO. The Bertz CT molecular complexity index is 275. The molecule has 2 nitrogen and oxygen atoms in total. The number of nitrogens with one attached hydrogen (secondary N) is 1. The van der Waals surface area contributed by atoms with Gasteiger partial charge < -0.3 is 5.32 Å². The molecule has 0 saturated heterocycles. The molecule has 1 atom stereocenters. The third-order valence-corrected chi connectivity index (χ3v) is 1.67. The van der Waals surface area contributed by atoms with Crippen molar-refractivity contribution in [2.75, 3.05) is 0 Å². The largest absolute Gasteiger partial charge is 0.352 e. The van der Waals surface area contributed by atoms with Crippen molar-refractivity contribution in [3.63, 3.8) is 0 Å². The van der Waals surface area contributed by atoms with Crippen LogP contribution in [0.4, 0.5) is 4.39 Å². The zero-order chi connectivity index (χ0) is 8.97. The molecule has 12 heavy (non-hydrogen) atoms. The van der Waals surface area contributed by atoms with Crippen LogP contribution >= 0.6 is 0 Å². The Morgan fingerprint density at radius 1 is 1.58 bits per heavy atom. The maximum atomic E-state index is 12.7. The smallest absolute Gasteiger partial charge is 0.207 e. The van der Waals surface area contributed by atoms with Crippen molar-refractivity contribution in [3.8, 4) is 0 Å². The van der Waals surface area contributed by atoms with Gasteiger partial charge in [-0.05, 0) is 24.6 Å². The van der Waals surface area contributed by atoms with Crippen LogP contribution in [0.2, 0.25) is 0 Å². The van der Waals surface area contributed by atoms with Gasteiger partial charge in [0.2, 0.25) is 6.41 Å². The van der Waals surface area contributed by atoms with E-state index < -0.39 is 0 Å². The Hall–Kier alpha value is -1.38. The number of benzene rings is 1. The summed E-state index contributed by atoms with van der Waals surface area (Å²) in [7, 11) is 0. The van der Waals surface area contributed by atoms with E-state index in [-0.39, 0.29) is 11.9 Å². The summed E-state index contributed by atoms with van der Waals surface area (Å²) < 4.78 is 12.7. The van der Waals surface area contributed by atoms with E-state index in [0.717, 1.165) is 5.56 Å². The molecule has 0 fully saturated rings. The highest BCUT2D eigenvalue weighted by Gasteiger charge is 2.03. The fourth-order valence-electron chi connectivity index (χ4n) is 0.974. The second-order valence-electron chi connectivity index (χ2n) is 2.56. The lowest BCUT2D eigenvalue weighted by Crippen LogP contribution is -2.15. The van der Waals surface area contributed by atoms with E-state index in [1.54, 1.807) is 19.1 Å². The van der Waals surface area contributed by atoms with Gasteiger partial charge in [0.15, 0.2) is 0 Å². The minimum absolute atomic E-state index is 0.141. The van der Waals surface area contributed by atoms with E-state index in [4.69, 9.17) is 0 Å². The molecule has 0 aliphatic heterocycles. The van der Waals surface area contributed by atoms with E-state index >= 15 is 0 Å². The lowest BCUT2D eigenvalue weighted by Gasteiger charge is -2.09. The number of amides is 1. The fourth-order valence-corrected chi connectivity index (χ4v) is 0.974. The third-order valence-electron chi connectivity index (χ3n) is 1.67. The van der Waals surface area contributed by atoms with Crippen LogP contribution in [0.5, 0.6) is 0 Å². The second kappa shape index (κ2) is 3.85. The second-order valence-corrected chi connectivity index (χ2v) is 2.56. The zero-order valence-corrected chi connectivity index (χ0v) is 6.75. The molecule has 1 N–H and O–H groups in total. The van der Waals surface area contributed by atoms with Crippen LogP contribution in [0.3, 0.4) is 0 Å². The van der Waals surface area contributed by atoms with Crippen molar-refractivity contribution >= 4 is 6.41 Å². The van der Waals surface area contributed by atoms with Crippen molar-refractivity contribution in [2.24, 2.45) is 0 Å². The number of carbonyl (C=O) groups is 1. The van der Waals surface area contributed by atoms with Gasteiger partial charge in [0.05, 0.1) is 6.04 Å². The minimum Gasteiger partial charge on any atom is -0.352 e. The first-order valence-electron chi connectivity index (χ1n) is 3.69. The Labute approximate surface area is 70.4 Å². The number of halogens is 1. The summed E-state index contributed by atoms with van der Waals surface area (Å²) >= 11 is 0. The summed E-state index contributed by atoms with van der Waals surface area (Å²) in [6.45, 7) is 1.79. The Balaban J connectivity index is 2.80. The maximum absolute atomic E-state index is 12.7. The van der Waals surface area contributed by atoms with Gasteiger partial charge in [0.1, 0.15) is 5.82 Å². The van der Waals surface area contributed by atoms with Gasteiger partial charge in [-0.1, -0.05) is 12.1 Å². The molecule has 0 aliphatic carbocycles. The lowest BCUT2D eigenvalue weighted by atomic mass is 10.1. The molecule has 64 valence electrons. The van der Waals surface area contributed by atoms with Crippen molar-refractivity contribution in [1.29, 1.82) is 0 Å². The predicted molar refractivity (Wildman–Crippen MR) is 44.0 cm³/mol. The van der Waals surface area contributed by atoms with E-state index in [1.807, 2.05) is 0 Å². The van der Waals surface area contributed by atoms with Crippen molar-refractivity contribution < 1.29 is 9.18 Å². The molecule has 1 amide bonds. The fraction of sp³-hybridized carbons (Fsp3) is 0.222. The quantitative estimate of drug-likeness (QED) is 0.681. The van der Waals surface area contributed by atoms with E-state index in [2.05, 4.69) is 5.32 Å². The van der Waals surface area contributed by atoms with Gasteiger partial charge in [0, 0.05) is 0 Å². The number of carbonyl (C=O) groups excluding carboxylic acids is 1. The first-order chi connectivity index (χ1) is 5.74. The first kappa shape index (κ1) is 8.71. The summed E-state index contributed by atoms with van der Waals surface area (Å²) in [4.78, 5) is 10.1. The highest BCUT2D eigenvalue weighted by molar-refractivity contribution is 5.47. The summed E-state index contributed by atoms with van der Waals surface area (Å²) in [5.41, 5.74) is 0.766. The lowest BCUT2D eigenvalue weighted by molar-refractivity contribution is -0.110. The number of rotatable bonds is 3. The van der Waals surface area contributed by atoms with E-state index in [0.29, 0.717) is 6.41 Å². The highest BCUT2D eigenvalue weighted by atomic mass is 19.1. The van der Waals surface area contributed by atoms with Gasteiger partial charge in [-0.2, -0.15) is 0 Å². The number of hydrogen-bond acceptors (Lipinski definition) is 1. The molecule has 3 heteroatoms. The molecule has 0 aromatic heterocycles. The van der Waals surface area contributed by atoms with Gasteiger partial charge in [-0.25, -0.2) is 4.39 Å². The topological polar surface area (TPSA) is 29.1 Å². The third kappa shape index (κ3) is 2.05. The number of hydrogen-bond donors (Lipinski definition) is 1. The van der Waals surface area contributed by atoms with Crippen molar-refractivity contribution in [1.82, 2.24) is 5.32 Å². The Morgan fingerprint density at radius 3 is 2.92 bits per heavy atom. The van der Waals surface area contributed by atoms with Crippen LogP contribution in [0.1, 0.15) is 18.5 Å². The van der Waals surface area contributed by atoms with Gasteiger partial charge in [-0.3, -0.25) is 4.79 Å². The summed E-state index contributed by atoms with van der Waals surface area (Å²) in [5.74, 6) is -0.285. The molecular weight excluding hydrogens is 157 g/mol. The summed E-state index contributed by atoms with van der Waals surface area (Å²) in [6, 6.07) is 6.02. The predicted octanol–water partition coefficient (Wildman–Crippen LogP) is 1.63. The van der Waals surface area contributed by atoms with Crippen LogP contribution in [0, 0.1) is 5.82 Å². The van der Waals surface area contributed by atoms with Gasteiger partial charge in [0.25, 0.3) is 0 Å².